The average Bonchev–Trinajstić information content (AvgIpc) is 2.30. The van der Waals surface area contributed by atoms with E-state index in [2.05, 4.69) is 26.6 Å². The highest BCUT2D eigenvalue weighted by Gasteiger charge is 2.19. The lowest BCUT2D eigenvalue weighted by atomic mass is 10.0. The first-order chi connectivity index (χ1) is 8.47. The van der Waals surface area contributed by atoms with E-state index in [1.54, 1.807) is 6.92 Å². The third-order valence-electron chi connectivity index (χ3n) is 2.71. The molecule has 0 fully saturated rings. The summed E-state index contributed by atoms with van der Waals surface area (Å²) in [6.07, 6.45) is 0.873. The van der Waals surface area contributed by atoms with E-state index >= 15 is 0 Å². The summed E-state index contributed by atoms with van der Waals surface area (Å²) in [5.74, 6) is -0.928. The van der Waals surface area contributed by atoms with Gasteiger partial charge in [0.1, 0.15) is 5.82 Å². The van der Waals surface area contributed by atoms with Crippen molar-refractivity contribution in [2.45, 2.75) is 24.6 Å². The van der Waals surface area contributed by atoms with E-state index in [1.807, 2.05) is 0 Å². The molecule has 1 heterocycles. The Morgan fingerprint density at radius 1 is 1.50 bits per heavy atom. The Morgan fingerprint density at radius 2 is 2.22 bits per heavy atom. The topological polar surface area (TPSA) is 58.2 Å². The average molecular weight is 315 g/mol. The van der Waals surface area contributed by atoms with E-state index < -0.39 is 10.6 Å². The monoisotopic (exact) mass is 314 g/mol. The Morgan fingerprint density at radius 3 is 2.89 bits per heavy atom. The summed E-state index contributed by atoms with van der Waals surface area (Å²) in [5.41, 5.74) is 1.38. The first kappa shape index (κ1) is 13.0. The fourth-order valence-electron chi connectivity index (χ4n) is 1.73. The van der Waals surface area contributed by atoms with Crippen molar-refractivity contribution in [3.05, 3.63) is 23.5 Å². The van der Waals surface area contributed by atoms with Crippen LogP contribution in [-0.2, 0) is 16.0 Å². The van der Waals surface area contributed by atoms with Gasteiger partial charge in [0.15, 0.2) is 0 Å². The number of benzene rings is 1. The lowest BCUT2D eigenvalue weighted by Crippen LogP contribution is -2.22. The largest absolute Gasteiger partial charge is 0.326 e. The van der Waals surface area contributed by atoms with Crippen LogP contribution in [0.4, 0.5) is 15.8 Å². The number of amides is 2. The van der Waals surface area contributed by atoms with E-state index in [0.717, 1.165) is 5.56 Å². The van der Waals surface area contributed by atoms with E-state index in [1.165, 1.54) is 12.1 Å². The molecule has 2 rings (SSSR count). The summed E-state index contributed by atoms with van der Waals surface area (Å²) in [6, 6.07) is 2.80. The maximum absolute atomic E-state index is 13.8. The number of rotatable bonds is 2. The number of nitrogens with one attached hydrogen (secondary N) is 2. The number of carbonyl (C=O) groups excluding carboxylic acids is 2. The molecule has 1 unspecified atom stereocenters. The van der Waals surface area contributed by atoms with E-state index in [9.17, 15) is 14.0 Å². The molecule has 0 aliphatic carbocycles. The van der Waals surface area contributed by atoms with Gasteiger partial charge in [-0.2, -0.15) is 0 Å². The molecule has 0 aromatic heterocycles. The predicted octanol–water partition coefficient (Wildman–Crippen LogP) is 2.43. The highest BCUT2D eigenvalue weighted by atomic mass is 79.9. The van der Waals surface area contributed by atoms with E-state index in [4.69, 9.17) is 0 Å². The molecule has 6 heteroatoms. The Labute approximate surface area is 112 Å². The van der Waals surface area contributed by atoms with Crippen LogP contribution in [0.5, 0.6) is 0 Å². The summed E-state index contributed by atoms with van der Waals surface area (Å²) in [5, 5.41) is 5.12. The number of carbonyl (C=O) groups is 2. The van der Waals surface area contributed by atoms with Gasteiger partial charge in [0.25, 0.3) is 0 Å². The third kappa shape index (κ3) is 2.69. The van der Waals surface area contributed by atoms with Gasteiger partial charge in [0, 0.05) is 12.1 Å². The van der Waals surface area contributed by atoms with Crippen LogP contribution in [-0.4, -0.2) is 16.6 Å². The minimum Gasteiger partial charge on any atom is -0.326 e. The van der Waals surface area contributed by atoms with Gasteiger partial charge in [-0.3, -0.25) is 9.59 Å². The molecule has 1 aliphatic rings. The van der Waals surface area contributed by atoms with Crippen LogP contribution in [0.25, 0.3) is 0 Å². The van der Waals surface area contributed by atoms with E-state index in [-0.39, 0.29) is 17.5 Å². The highest BCUT2D eigenvalue weighted by molar-refractivity contribution is 9.10. The van der Waals surface area contributed by atoms with Crippen LogP contribution >= 0.6 is 15.9 Å². The summed E-state index contributed by atoms with van der Waals surface area (Å²) < 4.78 is 13.8. The fourth-order valence-corrected chi connectivity index (χ4v) is 1.84. The summed E-state index contributed by atoms with van der Waals surface area (Å²) in [4.78, 5) is 22.3. The van der Waals surface area contributed by atoms with Gasteiger partial charge >= 0.3 is 0 Å². The second kappa shape index (κ2) is 5.06. The molecule has 0 bridgehead atoms. The second-order valence-corrected chi connectivity index (χ2v) is 5.52. The van der Waals surface area contributed by atoms with Crippen molar-refractivity contribution >= 4 is 39.1 Å². The Kier molecular flexibility index (Phi) is 3.65. The van der Waals surface area contributed by atoms with Gasteiger partial charge in [0.05, 0.1) is 10.5 Å². The number of hydrogen-bond acceptors (Lipinski definition) is 2. The molecular weight excluding hydrogens is 303 g/mol. The van der Waals surface area contributed by atoms with E-state index in [0.29, 0.717) is 18.5 Å². The standard InChI is InChI=1S/C12H12BrFN2O2/c1-6(13)12(18)16-10-5-9-7(4-8(10)14)2-3-11(17)15-9/h4-6H,2-3H2,1H3,(H,15,17)(H,16,18). The SMILES string of the molecule is CC(Br)C(=O)Nc1cc2c(cc1F)CCC(=O)N2. The number of fused-ring (bicyclic) bond motifs is 1. The molecule has 0 radical (unpaired) electrons. The lowest BCUT2D eigenvalue weighted by Gasteiger charge is -2.18. The molecule has 0 saturated heterocycles. The van der Waals surface area contributed by atoms with Crippen LogP contribution in [0.1, 0.15) is 18.9 Å². The van der Waals surface area contributed by atoms with Crippen molar-refractivity contribution in [1.82, 2.24) is 0 Å². The van der Waals surface area contributed by atoms with Crippen molar-refractivity contribution in [2.24, 2.45) is 0 Å². The molecule has 96 valence electrons. The zero-order valence-electron chi connectivity index (χ0n) is 9.72. The molecule has 1 aromatic carbocycles. The molecule has 1 atom stereocenters. The van der Waals surface area contributed by atoms with Crippen molar-refractivity contribution in [1.29, 1.82) is 0 Å². The fraction of sp³-hybridized carbons (Fsp3) is 0.333. The molecule has 1 aliphatic heterocycles. The van der Waals surface area contributed by atoms with Crippen molar-refractivity contribution < 1.29 is 14.0 Å². The van der Waals surface area contributed by atoms with Crippen molar-refractivity contribution in [3.8, 4) is 0 Å². The molecule has 1 aromatic rings. The zero-order chi connectivity index (χ0) is 13.3. The minimum atomic E-state index is -0.494. The quantitative estimate of drug-likeness (QED) is 0.824. The Hall–Kier alpha value is -1.43. The van der Waals surface area contributed by atoms with Crippen molar-refractivity contribution in [3.63, 3.8) is 0 Å². The minimum absolute atomic E-state index is 0.0762. The summed E-state index contributed by atoms with van der Waals surface area (Å²) >= 11 is 3.10. The second-order valence-electron chi connectivity index (χ2n) is 4.14. The normalized spacial score (nSPS) is 15.6. The van der Waals surface area contributed by atoms with Crippen molar-refractivity contribution in [2.75, 3.05) is 10.6 Å². The summed E-state index contributed by atoms with van der Waals surface area (Å²) in [7, 11) is 0. The third-order valence-corrected chi connectivity index (χ3v) is 3.12. The van der Waals surface area contributed by atoms with Gasteiger partial charge < -0.3 is 10.6 Å². The first-order valence-electron chi connectivity index (χ1n) is 5.54. The lowest BCUT2D eigenvalue weighted by molar-refractivity contribution is -0.116. The van der Waals surface area contributed by atoms with Gasteiger partial charge in [-0.25, -0.2) is 4.39 Å². The smallest absolute Gasteiger partial charge is 0.237 e. The number of hydrogen-bond donors (Lipinski definition) is 2. The van der Waals surface area contributed by atoms with Crippen LogP contribution in [0.2, 0.25) is 0 Å². The first-order valence-corrected chi connectivity index (χ1v) is 6.46. The molecule has 0 spiro atoms. The maximum Gasteiger partial charge on any atom is 0.237 e. The van der Waals surface area contributed by atoms with Gasteiger partial charge in [-0.15, -0.1) is 0 Å². The number of halogens is 2. The molecule has 0 saturated carbocycles. The van der Waals surface area contributed by atoms with Gasteiger partial charge in [-0.05, 0) is 31.0 Å². The number of alkyl halides is 1. The Bertz CT molecular complexity index is 517. The highest BCUT2D eigenvalue weighted by Crippen LogP contribution is 2.28. The molecular formula is C12H12BrFN2O2. The molecule has 18 heavy (non-hydrogen) atoms. The number of aryl methyl sites for hydroxylation is 1. The summed E-state index contributed by atoms with van der Waals surface area (Å²) in [6.45, 7) is 1.65. The zero-order valence-corrected chi connectivity index (χ0v) is 11.3. The molecule has 2 amide bonds. The maximum atomic E-state index is 13.8. The molecule has 4 nitrogen and oxygen atoms in total. The van der Waals surface area contributed by atoms with Crippen LogP contribution < -0.4 is 10.6 Å². The van der Waals surface area contributed by atoms with Gasteiger partial charge in [0.2, 0.25) is 11.8 Å². The molecule has 2 N–H and O–H groups in total. The number of anilines is 2. The van der Waals surface area contributed by atoms with Crippen LogP contribution in [0.15, 0.2) is 12.1 Å². The Balaban J connectivity index is 2.29. The van der Waals surface area contributed by atoms with Crippen LogP contribution in [0, 0.1) is 5.82 Å². The van der Waals surface area contributed by atoms with Crippen LogP contribution in [0.3, 0.4) is 0 Å². The predicted molar refractivity (Wildman–Crippen MR) is 70.4 cm³/mol. The van der Waals surface area contributed by atoms with Gasteiger partial charge in [-0.1, -0.05) is 15.9 Å².